The van der Waals surface area contributed by atoms with Crippen molar-refractivity contribution in [2.24, 2.45) is 0 Å². The van der Waals surface area contributed by atoms with Gasteiger partial charge < -0.3 is 0 Å². The van der Waals surface area contributed by atoms with E-state index in [4.69, 9.17) is 23.2 Å². The van der Waals surface area contributed by atoms with Crippen molar-refractivity contribution in [2.45, 2.75) is 0 Å². The molecule has 1 N–H and O–H groups in total. The molecule has 0 bridgehead atoms. The van der Waals surface area contributed by atoms with Crippen LogP contribution in [0.25, 0.3) is 10.6 Å². The van der Waals surface area contributed by atoms with Gasteiger partial charge in [-0.2, -0.15) is 0 Å². The molecular formula is C15H8Cl2IN3OS. The number of carbonyl (C=O) groups is 1. The molecule has 0 spiro atoms. The molecule has 0 unspecified atom stereocenters. The van der Waals surface area contributed by atoms with Gasteiger partial charge in [0.1, 0.15) is 0 Å². The Morgan fingerprint density at radius 1 is 1.13 bits per heavy atom. The van der Waals surface area contributed by atoms with Crippen LogP contribution in [-0.4, -0.2) is 16.1 Å². The molecule has 0 atom stereocenters. The normalized spacial score (nSPS) is 10.6. The third-order valence-electron chi connectivity index (χ3n) is 2.93. The molecule has 0 aliphatic rings. The molecule has 23 heavy (non-hydrogen) atoms. The Hall–Kier alpha value is -1.22. The van der Waals surface area contributed by atoms with E-state index >= 15 is 0 Å². The van der Waals surface area contributed by atoms with Crippen LogP contribution in [0.3, 0.4) is 0 Å². The van der Waals surface area contributed by atoms with Crippen LogP contribution in [0, 0.1) is 3.57 Å². The van der Waals surface area contributed by atoms with Crippen molar-refractivity contribution in [1.82, 2.24) is 10.2 Å². The molecule has 0 radical (unpaired) electrons. The minimum Gasteiger partial charge on any atom is -0.296 e. The van der Waals surface area contributed by atoms with Gasteiger partial charge in [-0.05, 0) is 52.9 Å². The zero-order valence-corrected chi connectivity index (χ0v) is 15.9. The molecule has 3 rings (SSSR count). The predicted molar refractivity (Wildman–Crippen MR) is 102 cm³/mol. The molecule has 1 heterocycles. The molecule has 116 valence electrons. The molecule has 3 aromatic rings. The second-order valence-corrected chi connectivity index (χ2v) is 7.45. The van der Waals surface area contributed by atoms with E-state index < -0.39 is 0 Å². The lowest BCUT2D eigenvalue weighted by Gasteiger charge is -2.03. The fourth-order valence-corrected chi connectivity index (χ4v) is 3.82. The first-order valence-electron chi connectivity index (χ1n) is 6.39. The molecule has 4 nitrogen and oxygen atoms in total. The number of halogens is 3. The number of hydrogen-bond donors (Lipinski definition) is 1. The van der Waals surface area contributed by atoms with E-state index in [9.17, 15) is 4.79 Å². The van der Waals surface area contributed by atoms with Gasteiger partial charge in [0.05, 0.1) is 10.6 Å². The fraction of sp³-hybridized carbons (Fsp3) is 0. The van der Waals surface area contributed by atoms with Gasteiger partial charge in [-0.1, -0.05) is 46.7 Å². The second-order valence-electron chi connectivity index (χ2n) is 4.47. The number of anilines is 1. The molecule has 0 fully saturated rings. The zero-order valence-electron chi connectivity index (χ0n) is 11.4. The third kappa shape index (κ3) is 3.82. The van der Waals surface area contributed by atoms with Crippen LogP contribution in [0.1, 0.15) is 10.4 Å². The predicted octanol–water partition coefficient (Wildman–Crippen LogP) is 5.37. The van der Waals surface area contributed by atoms with Crippen LogP contribution < -0.4 is 5.32 Å². The van der Waals surface area contributed by atoms with Gasteiger partial charge >= 0.3 is 0 Å². The van der Waals surface area contributed by atoms with E-state index in [-0.39, 0.29) is 5.91 Å². The van der Waals surface area contributed by atoms with Crippen molar-refractivity contribution in [3.8, 4) is 10.6 Å². The second kappa shape index (κ2) is 7.12. The summed E-state index contributed by atoms with van der Waals surface area (Å²) < 4.78 is 0.869. The van der Waals surface area contributed by atoms with Crippen molar-refractivity contribution < 1.29 is 4.79 Å². The van der Waals surface area contributed by atoms with Gasteiger partial charge in [0.25, 0.3) is 5.91 Å². The van der Waals surface area contributed by atoms with Crippen LogP contribution in [-0.2, 0) is 0 Å². The number of benzene rings is 2. The number of nitrogens with zero attached hydrogens (tertiary/aromatic N) is 2. The molecular weight excluding hydrogens is 468 g/mol. The molecule has 0 saturated heterocycles. The molecule has 0 saturated carbocycles. The molecule has 0 aliphatic heterocycles. The van der Waals surface area contributed by atoms with Crippen LogP contribution >= 0.6 is 57.1 Å². The Balaban J connectivity index is 1.82. The highest BCUT2D eigenvalue weighted by Gasteiger charge is 2.14. The van der Waals surface area contributed by atoms with Gasteiger partial charge in [-0.3, -0.25) is 10.1 Å². The smallest absolute Gasteiger partial charge is 0.258 e. The minimum absolute atomic E-state index is 0.222. The topological polar surface area (TPSA) is 54.9 Å². The summed E-state index contributed by atoms with van der Waals surface area (Å²) in [7, 11) is 0. The number of rotatable bonds is 3. The highest BCUT2D eigenvalue weighted by atomic mass is 127. The average Bonchev–Trinajstić information content (AvgIpc) is 2.95. The lowest BCUT2D eigenvalue weighted by atomic mass is 10.2. The molecule has 2 aromatic carbocycles. The van der Waals surface area contributed by atoms with E-state index in [1.807, 2.05) is 18.2 Å². The maximum atomic E-state index is 12.3. The van der Waals surface area contributed by atoms with Crippen molar-refractivity contribution >= 4 is 68.2 Å². The molecule has 0 aliphatic carbocycles. The monoisotopic (exact) mass is 475 g/mol. The summed E-state index contributed by atoms with van der Waals surface area (Å²) in [6.07, 6.45) is 0. The van der Waals surface area contributed by atoms with Gasteiger partial charge in [0, 0.05) is 14.2 Å². The molecule has 1 amide bonds. The van der Waals surface area contributed by atoms with Crippen LogP contribution in [0.5, 0.6) is 0 Å². The van der Waals surface area contributed by atoms with Gasteiger partial charge in [0.15, 0.2) is 5.01 Å². The van der Waals surface area contributed by atoms with Crippen LogP contribution in [0.2, 0.25) is 10.0 Å². The van der Waals surface area contributed by atoms with E-state index in [0.29, 0.717) is 25.7 Å². The van der Waals surface area contributed by atoms with Crippen molar-refractivity contribution in [2.75, 3.05) is 5.32 Å². The van der Waals surface area contributed by atoms with E-state index in [0.717, 1.165) is 9.13 Å². The largest absolute Gasteiger partial charge is 0.296 e. The summed E-state index contributed by atoms with van der Waals surface area (Å²) >= 11 is 15.4. The average molecular weight is 476 g/mol. The Kier molecular flexibility index (Phi) is 5.15. The number of carbonyl (C=O) groups excluding carboxylic acids is 1. The first-order chi connectivity index (χ1) is 11.0. The van der Waals surface area contributed by atoms with E-state index in [1.165, 1.54) is 11.3 Å². The minimum atomic E-state index is -0.222. The summed E-state index contributed by atoms with van der Waals surface area (Å²) in [4.78, 5) is 12.3. The summed E-state index contributed by atoms with van der Waals surface area (Å²) in [5.74, 6) is -0.222. The lowest BCUT2D eigenvalue weighted by Crippen LogP contribution is -2.13. The first-order valence-corrected chi connectivity index (χ1v) is 9.04. The van der Waals surface area contributed by atoms with Gasteiger partial charge in [-0.25, -0.2) is 0 Å². The Morgan fingerprint density at radius 3 is 2.65 bits per heavy atom. The van der Waals surface area contributed by atoms with Gasteiger partial charge in [-0.15, -0.1) is 10.2 Å². The summed E-state index contributed by atoms with van der Waals surface area (Å²) in [6.45, 7) is 0. The maximum absolute atomic E-state index is 12.3. The lowest BCUT2D eigenvalue weighted by molar-refractivity contribution is 0.102. The quantitative estimate of drug-likeness (QED) is 0.518. The SMILES string of the molecule is O=C(Nc1nnc(-c2ccc(Cl)cc2Cl)s1)c1ccccc1I. The first kappa shape index (κ1) is 16.6. The van der Waals surface area contributed by atoms with Crippen LogP contribution in [0.4, 0.5) is 5.13 Å². The Morgan fingerprint density at radius 2 is 1.91 bits per heavy atom. The number of aromatic nitrogens is 2. The number of nitrogens with one attached hydrogen (secondary N) is 1. The van der Waals surface area contributed by atoms with E-state index in [2.05, 4.69) is 38.1 Å². The highest BCUT2D eigenvalue weighted by Crippen LogP contribution is 2.33. The number of amides is 1. The maximum Gasteiger partial charge on any atom is 0.258 e. The van der Waals surface area contributed by atoms with E-state index in [1.54, 1.807) is 24.3 Å². The summed E-state index contributed by atoms with van der Waals surface area (Å²) in [6, 6.07) is 12.5. The van der Waals surface area contributed by atoms with Crippen molar-refractivity contribution in [3.63, 3.8) is 0 Å². The summed E-state index contributed by atoms with van der Waals surface area (Å²) in [5.41, 5.74) is 1.32. The number of hydrogen-bond acceptors (Lipinski definition) is 4. The van der Waals surface area contributed by atoms with Crippen molar-refractivity contribution in [3.05, 3.63) is 61.6 Å². The standard InChI is InChI=1S/C15H8Cl2IN3OS/c16-8-5-6-9(11(17)7-8)14-20-21-15(23-14)19-13(22)10-3-1-2-4-12(10)18/h1-7H,(H,19,21,22). The molecule has 8 heteroatoms. The third-order valence-corrected chi connectivity index (χ3v) is 5.29. The molecule has 1 aromatic heterocycles. The van der Waals surface area contributed by atoms with Crippen molar-refractivity contribution in [1.29, 1.82) is 0 Å². The Bertz CT molecular complexity index is 885. The summed E-state index contributed by atoms with van der Waals surface area (Å²) in [5, 5.41) is 12.9. The van der Waals surface area contributed by atoms with Crippen LogP contribution in [0.15, 0.2) is 42.5 Å². The Labute approximate surface area is 160 Å². The van der Waals surface area contributed by atoms with Gasteiger partial charge in [0.2, 0.25) is 5.13 Å². The zero-order chi connectivity index (χ0) is 16.4. The fourth-order valence-electron chi connectivity index (χ4n) is 1.86. The highest BCUT2D eigenvalue weighted by molar-refractivity contribution is 14.1.